The summed E-state index contributed by atoms with van der Waals surface area (Å²) in [4.78, 5) is 0. The molecule has 0 heterocycles. The van der Waals surface area contributed by atoms with Crippen LogP contribution in [0.15, 0.2) is 0 Å². The summed E-state index contributed by atoms with van der Waals surface area (Å²) in [6.45, 7) is 4.94. The molecule has 0 aromatic rings. The van der Waals surface area contributed by atoms with Gasteiger partial charge in [-0.2, -0.15) is 37.9 Å². The molecule has 0 amide bonds. The first-order valence-corrected chi connectivity index (χ1v) is 14.1. The summed E-state index contributed by atoms with van der Waals surface area (Å²) in [5, 5.41) is 1.05. The fourth-order valence-corrected chi connectivity index (χ4v) is 10.00. The summed E-state index contributed by atoms with van der Waals surface area (Å²) < 4.78 is 0. The van der Waals surface area contributed by atoms with Crippen LogP contribution in [0.5, 0.6) is 0 Å². The molecule has 4 aliphatic carbocycles. The zero-order valence-electron chi connectivity index (χ0n) is 18.2. The lowest BCUT2D eigenvalue weighted by Crippen LogP contribution is -2.50. The highest BCUT2D eigenvalue weighted by atomic mass is 32.1. The zero-order chi connectivity index (χ0) is 19.9. The fraction of sp³-hybridized carbons (Fsp3) is 1.00. The monoisotopic (exact) mass is 440 g/mol. The number of fused-ring (bicyclic) bond motifs is 5. The Balaban J connectivity index is 1.39. The van der Waals surface area contributed by atoms with E-state index in [0.717, 1.165) is 41.3 Å². The van der Waals surface area contributed by atoms with Crippen molar-refractivity contribution in [1.29, 1.82) is 0 Å². The Morgan fingerprint density at radius 3 is 2.36 bits per heavy atom. The normalized spacial score (nSPS) is 46.2. The van der Waals surface area contributed by atoms with E-state index in [1.54, 1.807) is 12.8 Å². The molecule has 0 aliphatic heterocycles. The van der Waals surface area contributed by atoms with E-state index >= 15 is 0 Å². The van der Waals surface area contributed by atoms with Crippen molar-refractivity contribution in [2.45, 2.75) is 101 Å². The molecule has 4 aliphatic rings. The van der Waals surface area contributed by atoms with Crippen molar-refractivity contribution >= 4 is 37.9 Å². The molecule has 28 heavy (non-hydrogen) atoms. The zero-order valence-corrected chi connectivity index (χ0v) is 20.9. The molecule has 3 heteroatoms. The Morgan fingerprint density at radius 1 is 0.857 bits per heavy atom. The molecular formula is C25H44S3. The number of hydrogen-bond acceptors (Lipinski definition) is 3. The molecule has 10 atom stereocenters. The molecule has 4 rings (SSSR count). The van der Waals surface area contributed by atoms with E-state index in [1.165, 1.54) is 64.2 Å². The van der Waals surface area contributed by atoms with Crippen molar-refractivity contribution < 1.29 is 0 Å². The molecule has 4 saturated carbocycles. The molecule has 0 nitrogen and oxygen atoms in total. The molecule has 0 N–H and O–H groups in total. The first kappa shape index (κ1) is 22.3. The van der Waals surface area contributed by atoms with Gasteiger partial charge in [0.05, 0.1) is 0 Å². The molecular weight excluding hydrogens is 396 g/mol. The van der Waals surface area contributed by atoms with Crippen LogP contribution in [0.2, 0.25) is 0 Å². The second kappa shape index (κ2) is 9.27. The van der Waals surface area contributed by atoms with Crippen LogP contribution in [-0.2, 0) is 0 Å². The molecule has 0 aromatic carbocycles. The Hall–Kier alpha value is 1.05. The van der Waals surface area contributed by atoms with Gasteiger partial charge >= 0.3 is 0 Å². The lowest BCUT2D eigenvalue weighted by atomic mass is 9.47. The van der Waals surface area contributed by atoms with Crippen LogP contribution >= 0.6 is 37.9 Å². The van der Waals surface area contributed by atoms with Crippen LogP contribution in [-0.4, -0.2) is 16.3 Å². The minimum atomic E-state index is 0.455. The van der Waals surface area contributed by atoms with Crippen LogP contribution in [0.4, 0.5) is 0 Å². The first-order chi connectivity index (χ1) is 13.5. The molecule has 10 unspecified atom stereocenters. The maximum absolute atomic E-state index is 5.18. The van der Waals surface area contributed by atoms with E-state index in [9.17, 15) is 0 Å². The smallest absolute Gasteiger partial charge is 0.00479 e. The van der Waals surface area contributed by atoms with Crippen LogP contribution in [0.3, 0.4) is 0 Å². The third kappa shape index (κ3) is 4.08. The van der Waals surface area contributed by atoms with Crippen molar-refractivity contribution in [3.8, 4) is 0 Å². The van der Waals surface area contributed by atoms with Gasteiger partial charge in [-0.05, 0) is 117 Å². The average molecular weight is 441 g/mol. The third-order valence-corrected chi connectivity index (χ3v) is 11.7. The van der Waals surface area contributed by atoms with Gasteiger partial charge in [0, 0.05) is 10.5 Å². The van der Waals surface area contributed by atoms with E-state index in [4.69, 9.17) is 12.6 Å². The van der Waals surface area contributed by atoms with Gasteiger partial charge in [-0.3, -0.25) is 0 Å². The topological polar surface area (TPSA) is 0 Å². The maximum Gasteiger partial charge on any atom is 0.00479 e. The second-order valence-corrected chi connectivity index (χ2v) is 13.1. The Kier molecular flexibility index (Phi) is 7.37. The van der Waals surface area contributed by atoms with Crippen molar-refractivity contribution in [1.82, 2.24) is 0 Å². The minimum Gasteiger partial charge on any atom is -0.179 e. The van der Waals surface area contributed by atoms with E-state index in [0.29, 0.717) is 21.8 Å². The third-order valence-electron chi connectivity index (χ3n) is 10.2. The van der Waals surface area contributed by atoms with Crippen molar-refractivity contribution in [3.63, 3.8) is 0 Å². The standard InChI is InChI=1S/C25H44S3/c1-16(27)17(15-26)6-13-24(28)22-10-9-19-20(22)11-12-23-21(19)8-7-18-5-3-4-14-25(18,23)2/h16-24,26-28H,3-15H2,1-2H3. The predicted octanol–water partition coefficient (Wildman–Crippen LogP) is 7.59. The summed E-state index contributed by atoms with van der Waals surface area (Å²) in [6, 6.07) is 0. The first-order valence-electron chi connectivity index (χ1n) is 12.4. The Bertz CT molecular complexity index is 520. The molecule has 4 fully saturated rings. The highest BCUT2D eigenvalue weighted by Gasteiger charge is 2.55. The molecule has 162 valence electrons. The highest BCUT2D eigenvalue weighted by molar-refractivity contribution is 7.81. The van der Waals surface area contributed by atoms with Gasteiger partial charge < -0.3 is 0 Å². The SMILES string of the molecule is CC(S)C(CS)CCC(S)C1CCC2C1CCC1C2CCC2CCCCC21C. The van der Waals surface area contributed by atoms with E-state index < -0.39 is 0 Å². The number of thiol groups is 3. The van der Waals surface area contributed by atoms with E-state index in [1.807, 2.05) is 0 Å². The average Bonchev–Trinajstić information content (AvgIpc) is 3.12. The largest absolute Gasteiger partial charge is 0.179 e. The van der Waals surface area contributed by atoms with Gasteiger partial charge in [0.2, 0.25) is 0 Å². The van der Waals surface area contributed by atoms with E-state index in [2.05, 4.69) is 39.1 Å². The molecule has 0 bridgehead atoms. The molecule has 0 radical (unpaired) electrons. The quantitative estimate of drug-likeness (QED) is 0.348. The lowest BCUT2D eigenvalue weighted by molar-refractivity contribution is -0.0869. The Labute approximate surface area is 191 Å². The van der Waals surface area contributed by atoms with Crippen LogP contribution < -0.4 is 0 Å². The number of rotatable bonds is 6. The van der Waals surface area contributed by atoms with Gasteiger partial charge in [0.25, 0.3) is 0 Å². The molecule has 0 spiro atoms. The highest BCUT2D eigenvalue weighted by Crippen LogP contribution is 2.64. The molecule has 0 saturated heterocycles. The van der Waals surface area contributed by atoms with Gasteiger partial charge in [0.1, 0.15) is 0 Å². The summed E-state index contributed by atoms with van der Waals surface area (Å²) in [5.41, 5.74) is 0.688. The summed E-state index contributed by atoms with van der Waals surface area (Å²) in [7, 11) is 0. The maximum atomic E-state index is 5.18. The predicted molar refractivity (Wildman–Crippen MR) is 133 cm³/mol. The summed E-state index contributed by atoms with van der Waals surface area (Å²) >= 11 is 14.4. The summed E-state index contributed by atoms with van der Waals surface area (Å²) in [6.07, 6.45) is 17.7. The lowest BCUT2D eigenvalue weighted by Gasteiger charge is -2.58. The van der Waals surface area contributed by atoms with Crippen molar-refractivity contribution in [2.24, 2.45) is 46.8 Å². The van der Waals surface area contributed by atoms with Gasteiger partial charge in [-0.15, -0.1) is 0 Å². The van der Waals surface area contributed by atoms with Crippen LogP contribution in [0.1, 0.15) is 90.9 Å². The van der Waals surface area contributed by atoms with Crippen molar-refractivity contribution in [2.75, 3.05) is 5.75 Å². The fourth-order valence-electron chi connectivity index (χ4n) is 8.56. The van der Waals surface area contributed by atoms with E-state index in [-0.39, 0.29) is 0 Å². The van der Waals surface area contributed by atoms with Gasteiger partial charge in [-0.25, -0.2) is 0 Å². The van der Waals surface area contributed by atoms with Crippen LogP contribution in [0.25, 0.3) is 0 Å². The van der Waals surface area contributed by atoms with Gasteiger partial charge in [-0.1, -0.05) is 26.7 Å². The minimum absolute atomic E-state index is 0.455. The number of hydrogen-bond donors (Lipinski definition) is 3. The van der Waals surface area contributed by atoms with Crippen molar-refractivity contribution in [3.05, 3.63) is 0 Å². The Morgan fingerprint density at radius 2 is 1.61 bits per heavy atom. The molecule has 0 aromatic heterocycles. The second-order valence-electron chi connectivity index (χ2n) is 11.3. The van der Waals surface area contributed by atoms with Gasteiger partial charge in [0.15, 0.2) is 0 Å². The summed E-state index contributed by atoms with van der Waals surface area (Å²) in [5.74, 6) is 7.63. The van der Waals surface area contributed by atoms with Crippen LogP contribution in [0, 0.1) is 46.8 Å².